The van der Waals surface area contributed by atoms with Gasteiger partial charge in [-0.1, -0.05) is 111 Å². The zero-order chi connectivity index (χ0) is 22.1. The summed E-state index contributed by atoms with van der Waals surface area (Å²) in [5, 5.41) is 10.6. The van der Waals surface area contributed by atoms with Gasteiger partial charge in [-0.15, -0.1) is 12.6 Å². The topological polar surface area (TPSA) is 23.5 Å². The van der Waals surface area contributed by atoms with Gasteiger partial charge in [-0.05, 0) is 18.8 Å². The van der Waals surface area contributed by atoms with E-state index in [-0.39, 0.29) is 10.9 Å². The molecule has 0 aromatic rings. The molecule has 0 amide bonds. The number of aliphatic hydroxyl groups is 1. The van der Waals surface area contributed by atoms with Crippen LogP contribution in [0.4, 0.5) is 0 Å². The second-order valence-corrected chi connectivity index (χ2v) is 12.0. The Bertz CT molecular complexity index is 404. The third-order valence-electron chi connectivity index (χ3n) is 5.77. The van der Waals surface area contributed by atoms with Crippen molar-refractivity contribution in [2.24, 2.45) is 5.92 Å². The quantitative estimate of drug-likeness (QED) is 0.116. The highest BCUT2D eigenvalue weighted by Crippen LogP contribution is 2.31. The molecule has 5 heteroatoms. The molecule has 29 heavy (non-hydrogen) atoms. The average Bonchev–Trinajstić information content (AvgIpc) is 2.68. The Morgan fingerprint density at radius 1 is 0.966 bits per heavy atom. The van der Waals surface area contributed by atoms with E-state index in [1.807, 2.05) is 11.8 Å². The van der Waals surface area contributed by atoms with E-state index in [0.717, 1.165) is 18.7 Å². The summed E-state index contributed by atoms with van der Waals surface area (Å²) >= 11 is 11.7. The van der Waals surface area contributed by atoms with Crippen molar-refractivity contribution in [3.63, 3.8) is 0 Å². The van der Waals surface area contributed by atoms with Gasteiger partial charge in [-0.3, -0.25) is 0 Å². The fourth-order valence-corrected chi connectivity index (χ4v) is 5.02. The van der Waals surface area contributed by atoms with Crippen LogP contribution in [0.3, 0.4) is 0 Å². The standard InChI is InChI=1S/C24H49NOS3/c1-6-9-11-12-13-14-15-17-24(4,5)29-20-22(26)19-25(23(27)28)18-21(8-3)16-10-7-2/h21-22,26H,6-20H2,1-5H3,(H,27,28). The maximum Gasteiger partial charge on any atom is 0.133 e. The Hall–Kier alpha value is 0.550. The van der Waals surface area contributed by atoms with Crippen LogP contribution in [-0.2, 0) is 0 Å². The minimum Gasteiger partial charge on any atom is -0.390 e. The SMILES string of the molecule is CCCCCCCCCC(C)(C)SCC(O)CN(CC(CC)CCCC)C(=S)S. The molecule has 0 radical (unpaired) electrons. The monoisotopic (exact) mass is 463 g/mol. The second kappa shape index (κ2) is 18.2. The maximum absolute atomic E-state index is 10.6. The van der Waals surface area contributed by atoms with E-state index >= 15 is 0 Å². The maximum atomic E-state index is 10.6. The number of thiocarbonyl (C=S) groups is 1. The van der Waals surface area contributed by atoms with Crippen LogP contribution < -0.4 is 0 Å². The van der Waals surface area contributed by atoms with Crippen LogP contribution >= 0.6 is 36.6 Å². The molecular formula is C24H49NOS3. The lowest BCUT2D eigenvalue weighted by molar-refractivity contribution is 0.156. The summed E-state index contributed by atoms with van der Waals surface area (Å²) in [5.74, 6) is 1.40. The molecule has 0 bridgehead atoms. The molecule has 0 saturated carbocycles. The second-order valence-electron chi connectivity index (χ2n) is 9.20. The lowest BCUT2D eigenvalue weighted by atomic mass is 9.99. The zero-order valence-electron chi connectivity index (χ0n) is 19.9. The number of hydrogen-bond acceptors (Lipinski definition) is 3. The highest BCUT2D eigenvalue weighted by Gasteiger charge is 2.22. The van der Waals surface area contributed by atoms with Gasteiger partial charge in [-0.25, -0.2) is 0 Å². The van der Waals surface area contributed by atoms with Crippen molar-refractivity contribution in [1.29, 1.82) is 0 Å². The molecule has 2 nitrogen and oxygen atoms in total. The minimum absolute atomic E-state index is 0.226. The van der Waals surface area contributed by atoms with E-state index in [1.165, 1.54) is 70.6 Å². The lowest BCUT2D eigenvalue weighted by Crippen LogP contribution is -2.39. The number of thiol groups is 1. The summed E-state index contributed by atoms with van der Waals surface area (Å²) < 4.78 is 0.843. The molecule has 0 aliphatic rings. The summed E-state index contributed by atoms with van der Waals surface area (Å²) in [5.41, 5.74) is 0. The summed E-state index contributed by atoms with van der Waals surface area (Å²) in [6.45, 7) is 12.9. The van der Waals surface area contributed by atoms with E-state index in [1.54, 1.807) is 0 Å². The molecule has 0 aromatic carbocycles. The highest BCUT2D eigenvalue weighted by atomic mass is 32.2. The van der Waals surface area contributed by atoms with Gasteiger partial charge in [0.05, 0.1) is 6.10 Å². The fourth-order valence-electron chi connectivity index (χ4n) is 3.67. The van der Waals surface area contributed by atoms with Crippen LogP contribution in [0.5, 0.6) is 0 Å². The molecule has 0 saturated heterocycles. The van der Waals surface area contributed by atoms with Crippen molar-refractivity contribution >= 4 is 40.9 Å². The first-order valence-electron chi connectivity index (χ1n) is 12.1. The summed E-state index contributed by atoms with van der Waals surface area (Å²) in [4.78, 5) is 2.11. The van der Waals surface area contributed by atoms with Crippen molar-refractivity contribution < 1.29 is 5.11 Å². The largest absolute Gasteiger partial charge is 0.390 e. The number of rotatable bonds is 19. The van der Waals surface area contributed by atoms with Gasteiger partial charge in [0.2, 0.25) is 0 Å². The number of hydrogen-bond donors (Lipinski definition) is 2. The third kappa shape index (κ3) is 16.9. The van der Waals surface area contributed by atoms with Crippen LogP contribution in [0.2, 0.25) is 0 Å². The molecule has 2 unspecified atom stereocenters. The van der Waals surface area contributed by atoms with Gasteiger partial charge in [0.1, 0.15) is 4.32 Å². The van der Waals surface area contributed by atoms with Gasteiger partial charge in [0, 0.05) is 23.6 Å². The van der Waals surface area contributed by atoms with Crippen molar-refractivity contribution in [3.05, 3.63) is 0 Å². The lowest BCUT2D eigenvalue weighted by Gasteiger charge is -2.31. The van der Waals surface area contributed by atoms with Crippen molar-refractivity contribution in [3.8, 4) is 0 Å². The highest BCUT2D eigenvalue weighted by molar-refractivity contribution is 8.10. The molecule has 0 aliphatic carbocycles. The molecule has 0 aliphatic heterocycles. The van der Waals surface area contributed by atoms with Crippen molar-refractivity contribution in [1.82, 2.24) is 4.90 Å². The normalized spacial score (nSPS) is 14.0. The van der Waals surface area contributed by atoms with Gasteiger partial charge in [-0.2, -0.15) is 11.8 Å². The molecule has 0 rings (SSSR count). The molecule has 174 valence electrons. The fraction of sp³-hybridized carbons (Fsp3) is 0.958. The Morgan fingerprint density at radius 2 is 1.55 bits per heavy atom. The number of thioether (sulfide) groups is 1. The molecule has 0 heterocycles. The minimum atomic E-state index is -0.359. The van der Waals surface area contributed by atoms with Crippen molar-refractivity contribution in [2.45, 2.75) is 123 Å². The van der Waals surface area contributed by atoms with Crippen LogP contribution in [-0.4, -0.2) is 44.0 Å². The zero-order valence-corrected chi connectivity index (χ0v) is 22.4. The number of aliphatic hydroxyl groups excluding tert-OH is 1. The van der Waals surface area contributed by atoms with Gasteiger partial charge in [0.15, 0.2) is 0 Å². The summed E-state index contributed by atoms with van der Waals surface area (Å²) in [6, 6.07) is 0. The Kier molecular flexibility index (Phi) is 18.5. The third-order valence-corrected chi connectivity index (χ3v) is 7.85. The van der Waals surface area contributed by atoms with Crippen LogP contribution in [0.15, 0.2) is 0 Å². The Balaban J connectivity index is 4.22. The van der Waals surface area contributed by atoms with Gasteiger partial charge in [0.25, 0.3) is 0 Å². The first-order chi connectivity index (χ1) is 13.8. The van der Waals surface area contributed by atoms with E-state index in [4.69, 9.17) is 12.2 Å². The Morgan fingerprint density at radius 3 is 2.10 bits per heavy atom. The van der Waals surface area contributed by atoms with Crippen molar-refractivity contribution in [2.75, 3.05) is 18.8 Å². The van der Waals surface area contributed by atoms with E-state index in [2.05, 4.69) is 52.1 Å². The number of nitrogens with zero attached hydrogens (tertiary/aromatic N) is 1. The summed E-state index contributed by atoms with van der Waals surface area (Å²) in [6.07, 6.45) is 15.2. The molecule has 2 atom stereocenters. The smallest absolute Gasteiger partial charge is 0.133 e. The predicted octanol–water partition coefficient (Wildman–Crippen LogP) is 7.73. The van der Waals surface area contributed by atoms with Gasteiger partial charge >= 0.3 is 0 Å². The Labute approximate surface area is 197 Å². The van der Waals surface area contributed by atoms with E-state index < -0.39 is 0 Å². The molecular weight excluding hydrogens is 414 g/mol. The van der Waals surface area contributed by atoms with Crippen LogP contribution in [0, 0.1) is 5.92 Å². The van der Waals surface area contributed by atoms with Crippen LogP contribution in [0.25, 0.3) is 0 Å². The van der Waals surface area contributed by atoms with Crippen LogP contribution in [0.1, 0.15) is 112 Å². The predicted molar refractivity (Wildman–Crippen MR) is 142 cm³/mol. The first-order valence-corrected chi connectivity index (χ1v) is 13.9. The molecule has 0 aromatic heterocycles. The molecule has 1 N–H and O–H groups in total. The molecule has 0 spiro atoms. The first kappa shape index (κ1) is 29.5. The van der Waals surface area contributed by atoms with E-state index in [0.29, 0.717) is 16.8 Å². The average molecular weight is 464 g/mol. The number of unbranched alkanes of at least 4 members (excludes halogenated alkanes) is 7. The van der Waals surface area contributed by atoms with Gasteiger partial charge < -0.3 is 10.0 Å². The van der Waals surface area contributed by atoms with E-state index in [9.17, 15) is 5.11 Å². The summed E-state index contributed by atoms with van der Waals surface area (Å²) in [7, 11) is 0. The molecule has 0 fully saturated rings.